The summed E-state index contributed by atoms with van der Waals surface area (Å²) in [5.41, 5.74) is 0.342. The van der Waals surface area contributed by atoms with Gasteiger partial charge in [-0.3, -0.25) is 14.5 Å². The number of rotatable bonds is 7. The maximum absolute atomic E-state index is 13.0. The average Bonchev–Trinajstić information content (AvgIpc) is 2.47. The zero-order valence-electron chi connectivity index (χ0n) is 13.0. The van der Waals surface area contributed by atoms with Crippen LogP contribution in [0, 0.1) is 5.82 Å². The van der Waals surface area contributed by atoms with Gasteiger partial charge in [0.25, 0.3) is 0 Å². The van der Waals surface area contributed by atoms with Crippen LogP contribution in [-0.2, 0) is 9.59 Å². The monoisotopic (exact) mass is 329 g/mol. The number of carbonyl (C=O) groups is 2. The van der Waals surface area contributed by atoms with Crippen molar-refractivity contribution in [2.24, 2.45) is 0 Å². The molecule has 2 N–H and O–H groups in total. The molecule has 0 aliphatic rings. The van der Waals surface area contributed by atoms with Crippen LogP contribution in [-0.4, -0.2) is 42.4 Å². The molecule has 1 rings (SSSR count). The number of halogens is 2. The third kappa shape index (κ3) is 5.27. The van der Waals surface area contributed by atoms with Gasteiger partial charge in [-0.25, -0.2) is 4.39 Å². The molecule has 0 aliphatic carbocycles. The molecule has 0 saturated carbocycles. The average molecular weight is 330 g/mol. The van der Waals surface area contributed by atoms with Crippen molar-refractivity contribution < 1.29 is 14.0 Å². The van der Waals surface area contributed by atoms with E-state index in [9.17, 15) is 14.0 Å². The highest BCUT2D eigenvalue weighted by molar-refractivity contribution is 6.33. The molecule has 0 bridgehead atoms. The van der Waals surface area contributed by atoms with Crippen molar-refractivity contribution in [3.8, 4) is 0 Å². The predicted octanol–water partition coefficient (Wildman–Crippen LogP) is 2.26. The van der Waals surface area contributed by atoms with Crippen LogP contribution in [0.3, 0.4) is 0 Å². The summed E-state index contributed by atoms with van der Waals surface area (Å²) in [6, 6.07) is 3.24. The maximum atomic E-state index is 13.0. The molecule has 7 heteroatoms. The summed E-state index contributed by atoms with van der Waals surface area (Å²) in [6.07, 6.45) is 0. The van der Waals surface area contributed by atoms with Crippen LogP contribution < -0.4 is 10.6 Å². The Hall–Kier alpha value is -1.66. The topological polar surface area (TPSA) is 61.4 Å². The first kappa shape index (κ1) is 18.4. The molecule has 0 radical (unpaired) electrons. The van der Waals surface area contributed by atoms with Crippen molar-refractivity contribution in [1.29, 1.82) is 0 Å². The largest absolute Gasteiger partial charge is 0.355 e. The van der Waals surface area contributed by atoms with Crippen LogP contribution in [0.25, 0.3) is 0 Å². The van der Waals surface area contributed by atoms with E-state index in [-0.39, 0.29) is 23.4 Å². The molecule has 2 amide bonds. The zero-order chi connectivity index (χ0) is 16.7. The van der Waals surface area contributed by atoms with Gasteiger partial charge in [-0.15, -0.1) is 0 Å². The van der Waals surface area contributed by atoms with Crippen LogP contribution in [0.4, 0.5) is 10.1 Å². The Morgan fingerprint density at radius 3 is 2.59 bits per heavy atom. The number of carbonyl (C=O) groups excluding carboxylic acids is 2. The maximum Gasteiger partial charge on any atom is 0.241 e. The lowest BCUT2D eigenvalue weighted by molar-refractivity contribution is -0.125. The Labute approximate surface area is 134 Å². The van der Waals surface area contributed by atoms with E-state index in [1.165, 1.54) is 12.1 Å². The summed E-state index contributed by atoms with van der Waals surface area (Å²) < 4.78 is 13.0. The van der Waals surface area contributed by atoms with E-state index < -0.39 is 11.9 Å². The van der Waals surface area contributed by atoms with E-state index in [1.807, 2.05) is 13.8 Å². The number of benzene rings is 1. The SMILES string of the molecule is CCNC(=O)CN(CC)[C@H](C)C(=O)Nc1ccc(F)cc1Cl. The van der Waals surface area contributed by atoms with Crippen LogP contribution >= 0.6 is 11.6 Å². The van der Waals surface area contributed by atoms with Crippen LogP contribution in [0.2, 0.25) is 5.02 Å². The molecule has 1 aromatic rings. The van der Waals surface area contributed by atoms with E-state index in [0.717, 1.165) is 6.07 Å². The van der Waals surface area contributed by atoms with Crippen molar-refractivity contribution in [2.75, 3.05) is 25.0 Å². The van der Waals surface area contributed by atoms with Gasteiger partial charge in [0.1, 0.15) is 5.82 Å². The Morgan fingerprint density at radius 2 is 2.05 bits per heavy atom. The second kappa shape index (κ2) is 8.70. The molecular weight excluding hydrogens is 309 g/mol. The first-order valence-electron chi connectivity index (χ1n) is 7.15. The standard InChI is InChI=1S/C15H21ClFN3O2/c1-4-18-14(21)9-20(5-2)10(3)15(22)19-13-7-6-11(17)8-12(13)16/h6-8,10H,4-5,9H2,1-3H3,(H,18,21)(H,19,22)/t10-/m1/s1. The fourth-order valence-corrected chi connectivity index (χ4v) is 2.17. The number of hydrogen-bond acceptors (Lipinski definition) is 3. The molecular formula is C15H21ClFN3O2. The zero-order valence-corrected chi connectivity index (χ0v) is 13.7. The first-order chi connectivity index (χ1) is 10.4. The third-order valence-corrected chi connectivity index (χ3v) is 3.56. The molecule has 5 nitrogen and oxygen atoms in total. The summed E-state index contributed by atoms with van der Waals surface area (Å²) in [4.78, 5) is 25.6. The van der Waals surface area contributed by atoms with E-state index >= 15 is 0 Å². The summed E-state index contributed by atoms with van der Waals surface area (Å²) in [5.74, 6) is -0.911. The van der Waals surface area contributed by atoms with Crippen LogP contribution in [0.15, 0.2) is 18.2 Å². The van der Waals surface area contributed by atoms with Gasteiger partial charge >= 0.3 is 0 Å². The van der Waals surface area contributed by atoms with Crippen molar-refractivity contribution in [2.45, 2.75) is 26.8 Å². The Balaban J connectivity index is 2.71. The number of nitrogens with zero attached hydrogens (tertiary/aromatic N) is 1. The lowest BCUT2D eigenvalue weighted by Crippen LogP contribution is -2.46. The molecule has 1 atom stereocenters. The highest BCUT2D eigenvalue weighted by atomic mass is 35.5. The van der Waals surface area contributed by atoms with E-state index in [0.29, 0.717) is 18.8 Å². The summed E-state index contributed by atoms with van der Waals surface area (Å²) >= 11 is 5.88. The number of nitrogens with one attached hydrogen (secondary N) is 2. The Kier molecular flexibility index (Phi) is 7.27. The second-order valence-electron chi connectivity index (χ2n) is 4.81. The lowest BCUT2D eigenvalue weighted by Gasteiger charge is -2.26. The minimum Gasteiger partial charge on any atom is -0.355 e. The summed E-state index contributed by atoms with van der Waals surface area (Å²) in [5, 5.41) is 5.47. The Bertz CT molecular complexity index is 540. The summed E-state index contributed by atoms with van der Waals surface area (Å²) in [7, 11) is 0. The Morgan fingerprint density at radius 1 is 1.36 bits per heavy atom. The number of anilines is 1. The molecule has 0 aliphatic heterocycles. The predicted molar refractivity (Wildman–Crippen MR) is 85.4 cm³/mol. The molecule has 22 heavy (non-hydrogen) atoms. The lowest BCUT2D eigenvalue weighted by atomic mass is 10.2. The van der Waals surface area contributed by atoms with E-state index in [1.54, 1.807) is 11.8 Å². The van der Waals surface area contributed by atoms with Gasteiger partial charge in [-0.2, -0.15) is 0 Å². The molecule has 0 spiro atoms. The van der Waals surface area contributed by atoms with Crippen LogP contribution in [0.5, 0.6) is 0 Å². The van der Waals surface area contributed by atoms with Crippen molar-refractivity contribution in [1.82, 2.24) is 10.2 Å². The van der Waals surface area contributed by atoms with E-state index in [2.05, 4.69) is 10.6 Å². The molecule has 0 unspecified atom stereocenters. The van der Waals surface area contributed by atoms with Crippen molar-refractivity contribution in [3.05, 3.63) is 29.0 Å². The molecule has 0 heterocycles. The van der Waals surface area contributed by atoms with Crippen molar-refractivity contribution >= 4 is 29.1 Å². The highest BCUT2D eigenvalue weighted by Crippen LogP contribution is 2.22. The van der Waals surface area contributed by atoms with Gasteiger partial charge < -0.3 is 10.6 Å². The van der Waals surface area contributed by atoms with Gasteiger partial charge in [0, 0.05) is 6.54 Å². The van der Waals surface area contributed by atoms with Crippen LogP contribution in [0.1, 0.15) is 20.8 Å². The van der Waals surface area contributed by atoms with Gasteiger partial charge in [-0.1, -0.05) is 18.5 Å². The van der Waals surface area contributed by atoms with Crippen molar-refractivity contribution in [3.63, 3.8) is 0 Å². The number of amides is 2. The minimum atomic E-state index is -0.520. The third-order valence-electron chi connectivity index (χ3n) is 3.24. The molecule has 0 aromatic heterocycles. The fraction of sp³-hybridized carbons (Fsp3) is 0.467. The second-order valence-corrected chi connectivity index (χ2v) is 5.21. The normalized spacial score (nSPS) is 12.1. The number of likely N-dealkylation sites (N-methyl/N-ethyl adjacent to an activating group) is 2. The van der Waals surface area contributed by atoms with Gasteiger partial charge in [0.15, 0.2) is 0 Å². The summed E-state index contributed by atoms with van der Waals surface area (Å²) in [6.45, 7) is 6.63. The molecule has 0 fully saturated rings. The minimum absolute atomic E-state index is 0.132. The number of hydrogen-bond donors (Lipinski definition) is 2. The fourth-order valence-electron chi connectivity index (χ4n) is 1.95. The quantitative estimate of drug-likeness (QED) is 0.806. The molecule has 0 saturated heterocycles. The first-order valence-corrected chi connectivity index (χ1v) is 7.53. The smallest absolute Gasteiger partial charge is 0.241 e. The van der Waals surface area contributed by atoms with Gasteiger partial charge in [-0.05, 0) is 38.6 Å². The van der Waals surface area contributed by atoms with E-state index in [4.69, 9.17) is 11.6 Å². The molecule has 1 aromatic carbocycles. The molecule has 122 valence electrons. The van der Waals surface area contributed by atoms with Gasteiger partial charge in [0.2, 0.25) is 11.8 Å². The highest BCUT2D eigenvalue weighted by Gasteiger charge is 2.22. The van der Waals surface area contributed by atoms with Gasteiger partial charge in [0.05, 0.1) is 23.3 Å².